The van der Waals surface area contributed by atoms with Crippen LogP contribution >= 0.6 is 0 Å². The van der Waals surface area contributed by atoms with E-state index in [4.69, 9.17) is 5.73 Å². The third-order valence-electron chi connectivity index (χ3n) is 2.40. The van der Waals surface area contributed by atoms with E-state index >= 15 is 0 Å². The highest BCUT2D eigenvalue weighted by Crippen LogP contribution is 2.17. The van der Waals surface area contributed by atoms with Crippen LogP contribution < -0.4 is 5.73 Å². The number of anilines is 1. The molecule has 1 aliphatic rings. The summed E-state index contributed by atoms with van der Waals surface area (Å²) in [5, 5.41) is 7.79. The molecule has 14 heavy (non-hydrogen) atoms. The fraction of sp³-hybridized carbons (Fsp3) is 0.444. The van der Waals surface area contributed by atoms with Crippen LogP contribution in [0.4, 0.5) is 5.82 Å². The number of hydrogen-bond donors (Lipinski definition) is 1. The Morgan fingerprint density at radius 2 is 2.36 bits per heavy atom. The molecule has 0 saturated heterocycles. The lowest BCUT2D eigenvalue weighted by molar-refractivity contribution is -0.129. The minimum Gasteiger partial charge on any atom is -0.382 e. The lowest BCUT2D eigenvalue weighted by Crippen LogP contribution is -2.34. The molecule has 5 nitrogen and oxygen atoms in total. The zero-order valence-corrected chi connectivity index (χ0v) is 8.03. The first kappa shape index (κ1) is 8.93. The van der Waals surface area contributed by atoms with Gasteiger partial charge in [-0.15, -0.1) is 5.10 Å². The standard InChI is InChI=1S/C9H12N4O/c1-6(14)13-3-2-8-7(5-13)4-9(10)12-11-8/h4H,2-3,5H2,1H3,(H2,10,12). The molecule has 2 N–H and O–H groups in total. The van der Waals surface area contributed by atoms with Crippen LogP contribution in [0.2, 0.25) is 0 Å². The van der Waals surface area contributed by atoms with Gasteiger partial charge in [0.05, 0.1) is 5.69 Å². The molecule has 1 aliphatic heterocycles. The predicted molar refractivity (Wildman–Crippen MR) is 51.2 cm³/mol. The Hall–Kier alpha value is -1.65. The molecule has 0 radical (unpaired) electrons. The Balaban J connectivity index is 2.29. The third kappa shape index (κ3) is 1.53. The van der Waals surface area contributed by atoms with Crippen molar-refractivity contribution in [2.75, 3.05) is 12.3 Å². The van der Waals surface area contributed by atoms with Crippen LogP contribution in [0.3, 0.4) is 0 Å². The zero-order chi connectivity index (χ0) is 10.1. The van der Waals surface area contributed by atoms with Crippen LogP contribution in [-0.2, 0) is 17.8 Å². The van der Waals surface area contributed by atoms with Crippen molar-refractivity contribution in [1.82, 2.24) is 15.1 Å². The molecule has 0 atom stereocenters. The van der Waals surface area contributed by atoms with E-state index in [2.05, 4.69) is 10.2 Å². The van der Waals surface area contributed by atoms with Gasteiger partial charge in [-0.05, 0) is 11.6 Å². The lowest BCUT2D eigenvalue weighted by Gasteiger charge is -2.26. The third-order valence-corrected chi connectivity index (χ3v) is 2.40. The average molecular weight is 192 g/mol. The maximum atomic E-state index is 11.2. The summed E-state index contributed by atoms with van der Waals surface area (Å²) in [5.74, 6) is 0.500. The normalized spacial score (nSPS) is 15.1. The molecule has 0 unspecified atom stereocenters. The molecule has 0 spiro atoms. The Kier molecular flexibility index (Phi) is 2.07. The number of nitrogens with two attached hydrogens (primary N) is 1. The molecule has 1 aromatic rings. The highest BCUT2D eigenvalue weighted by Gasteiger charge is 2.19. The van der Waals surface area contributed by atoms with Gasteiger partial charge in [0.25, 0.3) is 0 Å². The van der Waals surface area contributed by atoms with Crippen molar-refractivity contribution >= 4 is 11.7 Å². The largest absolute Gasteiger partial charge is 0.382 e. The van der Waals surface area contributed by atoms with Crippen molar-refractivity contribution in [2.24, 2.45) is 0 Å². The number of nitrogen functional groups attached to an aromatic ring is 1. The van der Waals surface area contributed by atoms with E-state index < -0.39 is 0 Å². The highest BCUT2D eigenvalue weighted by molar-refractivity contribution is 5.73. The molecule has 1 amide bonds. The van der Waals surface area contributed by atoms with Crippen molar-refractivity contribution in [3.63, 3.8) is 0 Å². The van der Waals surface area contributed by atoms with E-state index in [1.165, 1.54) is 0 Å². The minimum atomic E-state index is 0.0889. The topological polar surface area (TPSA) is 72.1 Å². The van der Waals surface area contributed by atoms with Gasteiger partial charge in [0.1, 0.15) is 5.82 Å². The van der Waals surface area contributed by atoms with E-state index in [-0.39, 0.29) is 5.91 Å². The molecular weight excluding hydrogens is 180 g/mol. The van der Waals surface area contributed by atoms with Gasteiger partial charge >= 0.3 is 0 Å². The van der Waals surface area contributed by atoms with E-state index in [0.717, 1.165) is 24.2 Å². The second-order valence-electron chi connectivity index (χ2n) is 3.43. The highest BCUT2D eigenvalue weighted by atomic mass is 16.2. The number of rotatable bonds is 0. The van der Waals surface area contributed by atoms with Gasteiger partial charge in [-0.25, -0.2) is 0 Å². The van der Waals surface area contributed by atoms with Crippen LogP contribution in [0, 0.1) is 0 Å². The number of hydrogen-bond acceptors (Lipinski definition) is 4. The predicted octanol–water partition coefficient (Wildman–Crippen LogP) is -0.0366. The molecule has 0 fully saturated rings. The van der Waals surface area contributed by atoms with E-state index in [0.29, 0.717) is 12.4 Å². The molecule has 5 heteroatoms. The van der Waals surface area contributed by atoms with Gasteiger partial charge < -0.3 is 10.6 Å². The fourth-order valence-corrected chi connectivity index (χ4v) is 1.61. The second kappa shape index (κ2) is 3.25. The van der Waals surface area contributed by atoms with Crippen LogP contribution in [-0.4, -0.2) is 27.5 Å². The van der Waals surface area contributed by atoms with Crippen LogP contribution in [0.5, 0.6) is 0 Å². The molecule has 1 aromatic heterocycles. The van der Waals surface area contributed by atoms with Crippen molar-refractivity contribution in [3.8, 4) is 0 Å². The van der Waals surface area contributed by atoms with Gasteiger partial charge in [0.15, 0.2) is 0 Å². The summed E-state index contributed by atoms with van der Waals surface area (Å²) in [6.07, 6.45) is 0.766. The molecule has 0 aromatic carbocycles. The molecule has 74 valence electrons. The monoisotopic (exact) mass is 192 g/mol. The van der Waals surface area contributed by atoms with E-state index in [1.807, 2.05) is 0 Å². The first-order valence-electron chi connectivity index (χ1n) is 4.53. The molecule has 2 heterocycles. The van der Waals surface area contributed by atoms with Crippen LogP contribution in [0.25, 0.3) is 0 Å². The maximum absolute atomic E-state index is 11.2. The molecule has 0 bridgehead atoms. The summed E-state index contributed by atoms with van der Waals surface area (Å²) >= 11 is 0. The zero-order valence-electron chi connectivity index (χ0n) is 8.03. The van der Waals surface area contributed by atoms with Gasteiger partial charge in [-0.2, -0.15) is 5.10 Å². The summed E-state index contributed by atoms with van der Waals surface area (Å²) in [5.41, 5.74) is 7.49. The Morgan fingerprint density at radius 1 is 1.57 bits per heavy atom. The summed E-state index contributed by atoms with van der Waals surface area (Å²) in [6.45, 7) is 2.90. The first-order valence-corrected chi connectivity index (χ1v) is 4.53. The average Bonchev–Trinajstić information content (AvgIpc) is 2.16. The number of amides is 1. The Morgan fingerprint density at radius 3 is 3.07 bits per heavy atom. The van der Waals surface area contributed by atoms with E-state index in [1.54, 1.807) is 17.9 Å². The molecule has 0 saturated carbocycles. The quantitative estimate of drug-likeness (QED) is 0.626. The molecule has 0 aliphatic carbocycles. The van der Waals surface area contributed by atoms with Gasteiger partial charge in [-0.3, -0.25) is 4.79 Å². The summed E-state index contributed by atoms with van der Waals surface area (Å²) in [4.78, 5) is 12.9. The summed E-state index contributed by atoms with van der Waals surface area (Å²) in [6, 6.07) is 1.79. The Bertz CT molecular complexity index is 377. The number of carbonyl (C=O) groups is 1. The second-order valence-corrected chi connectivity index (χ2v) is 3.43. The minimum absolute atomic E-state index is 0.0889. The van der Waals surface area contributed by atoms with E-state index in [9.17, 15) is 4.79 Å². The molecule has 2 rings (SSSR count). The summed E-state index contributed by atoms with van der Waals surface area (Å²) < 4.78 is 0. The molecular formula is C9H12N4O. The number of carbonyl (C=O) groups excluding carboxylic acids is 1. The lowest BCUT2D eigenvalue weighted by atomic mass is 10.1. The Labute approximate surface area is 81.9 Å². The van der Waals surface area contributed by atoms with Crippen molar-refractivity contribution < 1.29 is 4.79 Å². The van der Waals surface area contributed by atoms with Gasteiger partial charge in [-0.1, -0.05) is 0 Å². The number of nitrogens with zero attached hydrogens (tertiary/aromatic N) is 3. The van der Waals surface area contributed by atoms with Crippen LogP contribution in [0.1, 0.15) is 18.2 Å². The number of fused-ring (bicyclic) bond motifs is 1. The van der Waals surface area contributed by atoms with Crippen LogP contribution in [0.15, 0.2) is 6.07 Å². The fourth-order valence-electron chi connectivity index (χ4n) is 1.61. The van der Waals surface area contributed by atoms with Crippen molar-refractivity contribution in [3.05, 3.63) is 17.3 Å². The van der Waals surface area contributed by atoms with Crippen molar-refractivity contribution in [2.45, 2.75) is 19.9 Å². The maximum Gasteiger partial charge on any atom is 0.219 e. The SMILES string of the molecule is CC(=O)N1CCc2nnc(N)cc2C1. The smallest absolute Gasteiger partial charge is 0.219 e. The number of aromatic nitrogens is 2. The van der Waals surface area contributed by atoms with Gasteiger partial charge in [0.2, 0.25) is 5.91 Å². The first-order chi connectivity index (χ1) is 6.66. The summed E-state index contributed by atoms with van der Waals surface area (Å²) in [7, 11) is 0. The van der Waals surface area contributed by atoms with Gasteiger partial charge in [0, 0.05) is 26.4 Å². The van der Waals surface area contributed by atoms with Crippen molar-refractivity contribution in [1.29, 1.82) is 0 Å².